The minimum atomic E-state index is -1.00. The van der Waals surface area contributed by atoms with E-state index in [1.165, 1.54) is 22.9 Å². The summed E-state index contributed by atoms with van der Waals surface area (Å²) in [6, 6.07) is 24.0. The Hall–Kier alpha value is -4.96. The van der Waals surface area contributed by atoms with E-state index in [0.717, 1.165) is 0 Å². The average Bonchev–Trinajstić information content (AvgIpc) is 3.64. The molecule has 0 bridgehead atoms. The summed E-state index contributed by atoms with van der Waals surface area (Å²) in [5, 5.41) is 5.60. The maximum absolute atomic E-state index is 13.8. The minimum Gasteiger partial charge on any atom is -0.493 e. The fourth-order valence-electron chi connectivity index (χ4n) is 5.06. The van der Waals surface area contributed by atoms with Crippen molar-refractivity contribution in [2.24, 2.45) is 13.0 Å². The van der Waals surface area contributed by atoms with Gasteiger partial charge in [-0.3, -0.25) is 19.1 Å². The Morgan fingerprint density at radius 3 is 2.21 bits per heavy atom. The number of fused-ring (bicyclic) bond motifs is 1. The van der Waals surface area contributed by atoms with Gasteiger partial charge in [-0.1, -0.05) is 42.5 Å². The number of esters is 1. The number of methoxy groups -OCH3 is 1. The van der Waals surface area contributed by atoms with E-state index in [1.807, 2.05) is 36.4 Å². The predicted molar refractivity (Wildman–Crippen MR) is 140 cm³/mol. The average molecular weight is 525 g/mol. The number of anilines is 2. The van der Waals surface area contributed by atoms with Crippen molar-refractivity contribution in [1.29, 1.82) is 0 Å². The van der Waals surface area contributed by atoms with Crippen molar-refractivity contribution < 1.29 is 28.7 Å². The Morgan fingerprint density at radius 1 is 0.872 bits per heavy atom. The molecule has 2 aliphatic heterocycles. The molecule has 2 saturated heterocycles. The maximum atomic E-state index is 13.8. The Morgan fingerprint density at radius 2 is 1.56 bits per heavy atom. The lowest BCUT2D eigenvalue weighted by atomic mass is 9.90. The quantitative estimate of drug-likeness (QED) is 0.214. The minimum absolute atomic E-state index is 0.203. The molecule has 2 fully saturated rings. The van der Waals surface area contributed by atoms with E-state index in [0.29, 0.717) is 16.9 Å². The SMILES string of the molecule is COc1cc([C@H]2[C@@H]3C(=O)N(c4ccccc4)C(=O)[C@H]3ON2c2ccccc2)ccc1OC(=O)c1ccnn1C. The zero-order valence-corrected chi connectivity index (χ0v) is 21.1. The van der Waals surface area contributed by atoms with Crippen molar-refractivity contribution in [3.8, 4) is 11.5 Å². The molecule has 196 valence electrons. The van der Waals surface area contributed by atoms with Crippen LogP contribution in [-0.4, -0.2) is 40.8 Å². The number of hydrogen-bond donors (Lipinski definition) is 0. The van der Waals surface area contributed by atoms with Crippen LogP contribution in [0.25, 0.3) is 0 Å². The lowest BCUT2D eigenvalue weighted by Crippen LogP contribution is -2.37. The van der Waals surface area contributed by atoms with Crippen LogP contribution in [0.3, 0.4) is 0 Å². The molecule has 0 unspecified atom stereocenters. The first-order valence-electron chi connectivity index (χ1n) is 12.3. The molecular weight excluding hydrogens is 500 g/mol. The van der Waals surface area contributed by atoms with Crippen LogP contribution in [-0.2, 0) is 21.5 Å². The van der Waals surface area contributed by atoms with Crippen LogP contribution in [0.1, 0.15) is 22.1 Å². The highest BCUT2D eigenvalue weighted by Gasteiger charge is 2.60. The molecule has 1 aromatic heterocycles. The predicted octanol–water partition coefficient (Wildman–Crippen LogP) is 3.70. The molecule has 0 N–H and O–H groups in total. The Balaban J connectivity index is 1.38. The second-order valence-electron chi connectivity index (χ2n) is 9.15. The third kappa shape index (κ3) is 4.11. The van der Waals surface area contributed by atoms with Crippen LogP contribution in [0.2, 0.25) is 0 Å². The third-order valence-corrected chi connectivity index (χ3v) is 6.90. The van der Waals surface area contributed by atoms with Crippen LogP contribution >= 0.6 is 0 Å². The van der Waals surface area contributed by atoms with E-state index in [2.05, 4.69) is 5.10 Å². The Labute approximate surface area is 223 Å². The van der Waals surface area contributed by atoms with Crippen molar-refractivity contribution in [1.82, 2.24) is 9.78 Å². The Bertz CT molecular complexity index is 1550. The van der Waals surface area contributed by atoms with Crippen LogP contribution in [0, 0.1) is 5.92 Å². The smallest absolute Gasteiger partial charge is 0.362 e. The van der Waals surface area contributed by atoms with Gasteiger partial charge in [-0.05, 0) is 48.0 Å². The number of carbonyl (C=O) groups is 3. The van der Waals surface area contributed by atoms with Crippen molar-refractivity contribution in [3.05, 3.63) is 102 Å². The van der Waals surface area contributed by atoms with Crippen molar-refractivity contribution >= 4 is 29.2 Å². The molecule has 10 nitrogen and oxygen atoms in total. The van der Waals surface area contributed by atoms with Crippen LogP contribution in [0.15, 0.2) is 91.1 Å². The second kappa shape index (κ2) is 9.73. The van der Waals surface area contributed by atoms with E-state index in [1.54, 1.807) is 60.6 Å². The maximum Gasteiger partial charge on any atom is 0.362 e. The summed E-state index contributed by atoms with van der Waals surface area (Å²) in [6.45, 7) is 0. The number of imide groups is 1. The summed E-state index contributed by atoms with van der Waals surface area (Å²) in [5.74, 6) is -1.69. The molecule has 0 saturated carbocycles. The van der Waals surface area contributed by atoms with Crippen molar-refractivity contribution in [3.63, 3.8) is 0 Å². The topological polar surface area (TPSA) is 103 Å². The van der Waals surface area contributed by atoms with Gasteiger partial charge < -0.3 is 9.47 Å². The lowest BCUT2D eigenvalue weighted by Gasteiger charge is -2.29. The van der Waals surface area contributed by atoms with E-state index in [-0.39, 0.29) is 23.1 Å². The highest BCUT2D eigenvalue weighted by molar-refractivity contribution is 6.23. The fraction of sp³-hybridized carbons (Fsp3) is 0.172. The largest absolute Gasteiger partial charge is 0.493 e. The van der Waals surface area contributed by atoms with Gasteiger partial charge in [-0.25, -0.2) is 14.8 Å². The highest BCUT2D eigenvalue weighted by Crippen LogP contribution is 2.48. The number of hydrogen-bond acceptors (Lipinski definition) is 8. The number of carbonyl (C=O) groups excluding carboxylic acids is 3. The fourth-order valence-corrected chi connectivity index (χ4v) is 5.06. The molecule has 0 radical (unpaired) electrons. The first-order chi connectivity index (χ1) is 19.0. The van der Waals surface area contributed by atoms with Gasteiger partial charge in [0.2, 0.25) is 5.91 Å². The van der Waals surface area contributed by atoms with E-state index < -0.39 is 29.9 Å². The summed E-state index contributed by atoms with van der Waals surface area (Å²) in [6.07, 6.45) is 0.501. The molecule has 2 aliphatic rings. The number of para-hydroxylation sites is 2. The normalized spacial score (nSPS) is 20.3. The first kappa shape index (κ1) is 24.4. The zero-order chi connectivity index (χ0) is 27.1. The molecule has 3 atom stereocenters. The monoisotopic (exact) mass is 524 g/mol. The molecule has 0 spiro atoms. The van der Waals surface area contributed by atoms with Crippen molar-refractivity contribution in [2.45, 2.75) is 12.1 Å². The summed E-state index contributed by atoms with van der Waals surface area (Å²) in [4.78, 5) is 47.3. The number of benzene rings is 3. The van der Waals surface area contributed by atoms with E-state index >= 15 is 0 Å². The number of hydroxylamine groups is 1. The van der Waals surface area contributed by atoms with Crippen LogP contribution in [0.4, 0.5) is 11.4 Å². The van der Waals surface area contributed by atoms with E-state index in [9.17, 15) is 14.4 Å². The highest BCUT2D eigenvalue weighted by atomic mass is 16.7. The summed E-state index contributed by atoms with van der Waals surface area (Å²) >= 11 is 0. The number of aryl methyl sites for hydroxylation is 1. The van der Waals surface area contributed by atoms with Gasteiger partial charge in [0.1, 0.15) is 11.6 Å². The third-order valence-electron chi connectivity index (χ3n) is 6.90. The number of aromatic nitrogens is 2. The molecule has 6 rings (SSSR count). The molecule has 3 heterocycles. The van der Waals surface area contributed by atoms with Crippen LogP contribution < -0.4 is 19.4 Å². The summed E-state index contributed by atoms with van der Waals surface area (Å²) in [5.41, 5.74) is 2.11. The standard InChI is InChI=1S/C29H24N4O6/c1-31-21(15-16-30-31)29(36)38-22-14-13-18(17-23(22)37-2)25-24-26(39-33(25)20-11-7-4-8-12-20)28(35)32(27(24)34)19-9-5-3-6-10-19/h3-17,24-26H,1-2H3/t24-,25-,26-/m0/s1. The molecular formula is C29H24N4O6. The van der Waals surface area contributed by atoms with Gasteiger partial charge in [-0.2, -0.15) is 5.10 Å². The first-order valence-corrected chi connectivity index (χ1v) is 12.3. The van der Waals surface area contributed by atoms with Crippen LogP contribution in [0.5, 0.6) is 11.5 Å². The van der Waals surface area contributed by atoms with Gasteiger partial charge in [-0.15, -0.1) is 0 Å². The van der Waals surface area contributed by atoms with Crippen molar-refractivity contribution in [2.75, 3.05) is 17.1 Å². The molecule has 4 aromatic rings. The lowest BCUT2D eigenvalue weighted by molar-refractivity contribution is -0.126. The molecule has 39 heavy (non-hydrogen) atoms. The number of amides is 2. The van der Waals surface area contributed by atoms with Gasteiger partial charge in [0.15, 0.2) is 17.6 Å². The molecule has 3 aromatic carbocycles. The number of ether oxygens (including phenoxy) is 2. The number of rotatable bonds is 6. The molecule has 2 amide bonds. The molecule has 10 heteroatoms. The number of nitrogens with zero attached hydrogens (tertiary/aromatic N) is 4. The van der Waals surface area contributed by atoms with Gasteiger partial charge >= 0.3 is 5.97 Å². The molecule has 0 aliphatic carbocycles. The Kier molecular flexibility index (Phi) is 6.08. The zero-order valence-electron chi connectivity index (χ0n) is 21.1. The summed E-state index contributed by atoms with van der Waals surface area (Å²) < 4.78 is 12.6. The van der Waals surface area contributed by atoms with E-state index in [4.69, 9.17) is 14.3 Å². The summed E-state index contributed by atoms with van der Waals surface area (Å²) in [7, 11) is 3.11. The van der Waals surface area contributed by atoms with Gasteiger partial charge in [0.05, 0.1) is 24.5 Å². The van der Waals surface area contributed by atoms with Gasteiger partial charge in [0.25, 0.3) is 5.91 Å². The van der Waals surface area contributed by atoms with Gasteiger partial charge in [0, 0.05) is 13.2 Å². The second-order valence-corrected chi connectivity index (χ2v) is 9.15.